The van der Waals surface area contributed by atoms with E-state index in [0.29, 0.717) is 6.42 Å². The van der Waals surface area contributed by atoms with Gasteiger partial charge in [0.05, 0.1) is 12.8 Å². The fourth-order valence-corrected chi connectivity index (χ4v) is 2.07. The van der Waals surface area contributed by atoms with Gasteiger partial charge in [-0.25, -0.2) is 4.79 Å². The van der Waals surface area contributed by atoms with Crippen LogP contribution in [0.15, 0.2) is 0 Å². The third-order valence-electron chi connectivity index (χ3n) is 3.09. The van der Waals surface area contributed by atoms with Crippen molar-refractivity contribution in [2.45, 2.75) is 36.9 Å². The van der Waals surface area contributed by atoms with E-state index in [0.717, 1.165) is 4.90 Å². The summed E-state index contributed by atoms with van der Waals surface area (Å²) in [5.41, 5.74) is 5.46. The van der Waals surface area contributed by atoms with Gasteiger partial charge in [0.1, 0.15) is 6.10 Å². The first kappa shape index (κ1) is 13.4. The fourth-order valence-electron chi connectivity index (χ4n) is 2.07. The maximum atomic E-state index is 13.8. The van der Waals surface area contributed by atoms with Gasteiger partial charge in [0.2, 0.25) is 6.23 Å². The van der Waals surface area contributed by atoms with Crippen molar-refractivity contribution in [2.75, 3.05) is 13.2 Å². The predicted molar refractivity (Wildman–Crippen MR) is 54.5 cm³/mol. The number of aliphatic hydroxyl groups is 2. The molecule has 4 atom stereocenters. The molecule has 18 heavy (non-hydrogen) atoms. The average molecular weight is 267 g/mol. The van der Waals surface area contributed by atoms with Crippen molar-refractivity contribution in [3.63, 3.8) is 0 Å². The summed E-state index contributed by atoms with van der Waals surface area (Å²) in [5.74, 6) is -3.63. The molecule has 2 rings (SSSR count). The van der Waals surface area contributed by atoms with Crippen molar-refractivity contribution in [2.24, 2.45) is 5.73 Å². The minimum Gasteiger partial charge on any atom is -0.394 e. The molecule has 9 heteroatoms. The standard InChI is InChI=1S/C9H15F2N3O4/c10-9(11)6(16)4(3-15)18-7(9)14-2-1-5(12)13-8(14)17/h4-7,15-16H,1-3,12H2,(H,13,17)/t4-,5?,6+,7-/m1/s1. The zero-order chi connectivity index (χ0) is 13.5. The lowest BCUT2D eigenvalue weighted by Crippen LogP contribution is -2.61. The molecule has 0 bridgehead atoms. The highest BCUT2D eigenvalue weighted by molar-refractivity contribution is 5.75. The van der Waals surface area contributed by atoms with Gasteiger partial charge in [0, 0.05) is 6.54 Å². The van der Waals surface area contributed by atoms with E-state index in [4.69, 9.17) is 15.6 Å². The van der Waals surface area contributed by atoms with Crippen molar-refractivity contribution < 1.29 is 28.5 Å². The number of hydrogen-bond donors (Lipinski definition) is 4. The molecule has 0 radical (unpaired) electrons. The number of alkyl halides is 2. The summed E-state index contributed by atoms with van der Waals surface area (Å²) in [6.45, 7) is -0.750. The third kappa shape index (κ3) is 2.03. The number of ether oxygens (including phenoxy) is 1. The molecule has 2 aliphatic heterocycles. The summed E-state index contributed by atoms with van der Waals surface area (Å²) < 4.78 is 32.4. The number of aliphatic hydroxyl groups excluding tert-OH is 2. The Morgan fingerprint density at radius 1 is 1.61 bits per heavy atom. The Morgan fingerprint density at radius 2 is 2.28 bits per heavy atom. The molecule has 5 N–H and O–H groups in total. The van der Waals surface area contributed by atoms with E-state index in [1.54, 1.807) is 0 Å². The zero-order valence-electron chi connectivity index (χ0n) is 9.42. The molecule has 0 aliphatic carbocycles. The normalized spacial score (nSPS) is 39.8. The Morgan fingerprint density at radius 3 is 2.78 bits per heavy atom. The van der Waals surface area contributed by atoms with Crippen molar-refractivity contribution in [3.05, 3.63) is 0 Å². The number of halogens is 2. The summed E-state index contributed by atoms with van der Waals surface area (Å²) >= 11 is 0. The molecule has 2 heterocycles. The molecule has 0 aromatic rings. The number of amides is 2. The van der Waals surface area contributed by atoms with Crippen LogP contribution in [0.2, 0.25) is 0 Å². The van der Waals surface area contributed by atoms with E-state index >= 15 is 0 Å². The molecule has 1 unspecified atom stereocenters. The van der Waals surface area contributed by atoms with Gasteiger partial charge in [-0.2, -0.15) is 8.78 Å². The molecule has 0 spiro atoms. The zero-order valence-corrected chi connectivity index (χ0v) is 9.42. The maximum absolute atomic E-state index is 13.8. The number of carbonyl (C=O) groups excluding carboxylic acids is 1. The van der Waals surface area contributed by atoms with E-state index in [1.165, 1.54) is 0 Å². The smallest absolute Gasteiger partial charge is 0.320 e. The highest BCUT2D eigenvalue weighted by Crippen LogP contribution is 2.38. The third-order valence-corrected chi connectivity index (χ3v) is 3.09. The van der Waals surface area contributed by atoms with Crippen LogP contribution in [0.4, 0.5) is 13.6 Å². The molecular formula is C9H15F2N3O4. The molecule has 2 aliphatic rings. The Kier molecular flexibility index (Phi) is 3.41. The van der Waals surface area contributed by atoms with Crippen LogP contribution in [0.1, 0.15) is 6.42 Å². The SMILES string of the molecule is NC1CCN([C@@H]2O[C@H](CO)[C@H](O)C2(F)F)C(=O)N1. The van der Waals surface area contributed by atoms with Crippen LogP contribution in [0, 0.1) is 0 Å². The van der Waals surface area contributed by atoms with Gasteiger partial charge in [-0.15, -0.1) is 0 Å². The Labute approximate surface area is 101 Å². The van der Waals surface area contributed by atoms with Crippen LogP contribution in [0.25, 0.3) is 0 Å². The van der Waals surface area contributed by atoms with Gasteiger partial charge in [-0.05, 0) is 6.42 Å². The Hall–Kier alpha value is -1.03. The molecule has 2 amide bonds. The molecular weight excluding hydrogens is 252 g/mol. The van der Waals surface area contributed by atoms with Crippen LogP contribution in [-0.4, -0.2) is 64.8 Å². The van der Waals surface area contributed by atoms with Gasteiger partial charge in [0.25, 0.3) is 0 Å². The molecule has 2 saturated heterocycles. The molecule has 0 aromatic carbocycles. The number of nitrogens with one attached hydrogen (secondary N) is 1. The number of urea groups is 1. The van der Waals surface area contributed by atoms with Crippen molar-refractivity contribution >= 4 is 6.03 Å². The largest absolute Gasteiger partial charge is 0.394 e. The van der Waals surface area contributed by atoms with E-state index in [-0.39, 0.29) is 6.54 Å². The average Bonchev–Trinajstić information content (AvgIpc) is 2.52. The van der Waals surface area contributed by atoms with E-state index in [9.17, 15) is 18.7 Å². The number of hydrogen-bond acceptors (Lipinski definition) is 5. The molecule has 0 saturated carbocycles. The number of rotatable bonds is 2. The van der Waals surface area contributed by atoms with Gasteiger partial charge in [-0.3, -0.25) is 4.90 Å². The van der Waals surface area contributed by atoms with Crippen LogP contribution in [0.5, 0.6) is 0 Å². The van der Waals surface area contributed by atoms with Gasteiger partial charge >= 0.3 is 12.0 Å². The first-order valence-corrected chi connectivity index (χ1v) is 5.53. The number of carbonyl (C=O) groups is 1. The summed E-state index contributed by atoms with van der Waals surface area (Å²) in [5, 5.41) is 20.5. The van der Waals surface area contributed by atoms with Crippen LogP contribution in [-0.2, 0) is 4.74 Å². The first-order chi connectivity index (χ1) is 8.37. The van der Waals surface area contributed by atoms with Gasteiger partial charge < -0.3 is 26.0 Å². The highest BCUT2D eigenvalue weighted by Gasteiger charge is 2.61. The first-order valence-electron chi connectivity index (χ1n) is 5.53. The van der Waals surface area contributed by atoms with E-state index in [2.05, 4.69) is 5.32 Å². The number of nitrogens with two attached hydrogens (primary N) is 1. The second kappa shape index (κ2) is 4.57. The predicted octanol–water partition coefficient (Wildman–Crippen LogP) is -1.60. The molecule has 0 aromatic heterocycles. The van der Waals surface area contributed by atoms with Crippen molar-refractivity contribution in [3.8, 4) is 0 Å². The fraction of sp³-hybridized carbons (Fsp3) is 0.889. The van der Waals surface area contributed by atoms with Gasteiger partial charge in [-0.1, -0.05) is 0 Å². The summed E-state index contributed by atoms with van der Waals surface area (Å²) in [7, 11) is 0. The maximum Gasteiger partial charge on any atom is 0.320 e. The van der Waals surface area contributed by atoms with E-state index in [1.807, 2.05) is 0 Å². The molecule has 7 nitrogen and oxygen atoms in total. The second-order valence-corrected chi connectivity index (χ2v) is 4.37. The van der Waals surface area contributed by atoms with Crippen LogP contribution in [0.3, 0.4) is 0 Å². The highest BCUT2D eigenvalue weighted by atomic mass is 19.3. The summed E-state index contributed by atoms with van der Waals surface area (Å²) in [6.07, 6.45) is -5.73. The lowest BCUT2D eigenvalue weighted by Gasteiger charge is -2.36. The van der Waals surface area contributed by atoms with Crippen molar-refractivity contribution in [1.29, 1.82) is 0 Å². The second-order valence-electron chi connectivity index (χ2n) is 4.37. The lowest BCUT2D eigenvalue weighted by molar-refractivity contribution is -0.157. The van der Waals surface area contributed by atoms with Crippen LogP contribution < -0.4 is 11.1 Å². The Bertz CT molecular complexity index is 344. The van der Waals surface area contributed by atoms with Crippen LogP contribution >= 0.6 is 0 Å². The Balaban J connectivity index is 2.15. The monoisotopic (exact) mass is 267 g/mol. The van der Waals surface area contributed by atoms with Gasteiger partial charge in [0.15, 0.2) is 6.10 Å². The summed E-state index contributed by atoms with van der Waals surface area (Å²) in [4.78, 5) is 12.3. The summed E-state index contributed by atoms with van der Waals surface area (Å²) in [6, 6.07) is -0.774. The number of nitrogens with zero attached hydrogens (tertiary/aromatic N) is 1. The quantitative estimate of drug-likeness (QED) is 0.482. The topological polar surface area (TPSA) is 108 Å². The minimum absolute atomic E-state index is 0.00186. The van der Waals surface area contributed by atoms with Crippen molar-refractivity contribution in [1.82, 2.24) is 10.2 Å². The molecule has 2 fully saturated rings. The minimum atomic E-state index is -3.63. The molecule has 104 valence electrons. The lowest BCUT2D eigenvalue weighted by atomic mass is 10.1. The van der Waals surface area contributed by atoms with E-state index < -0.39 is 43.2 Å².